The monoisotopic (exact) mass is 287 g/mol. The Labute approximate surface area is 124 Å². The van der Waals surface area contributed by atoms with E-state index in [0.717, 1.165) is 11.1 Å². The number of hydrogen-bond donors (Lipinski definition) is 0. The van der Waals surface area contributed by atoms with Crippen LogP contribution in [0.4, 0.5) is 4.39 Å². The summed E-state index contributed by atoms with van der Waals surface area (Å²) >= 11 is 0. The van der Waals surface area contributed by atoms with E-state index in [1.54, 1.807) is 26.5 Å². The normalized spacial score (nSPS) is 10.8. The number of ether oxygens (including phenoxy) is 2. The van der Waals surface area contributed by atoms with Crippen molar-refractivity contribution >= 4 is 6.21 Å². The highest BCUT2D eigenvalue weighted by molar-refractivity contribution is 5.80. The number of methoxy groups -OCH3 is 2. The molecule has 4 heteroatoms. The molecule has 0 N–H and O–H groups in total. The second kappa shape index (κ2) is 7.43. The minimum absolute atomic E-state index is 0.212. The van der Waals surface area contributed by atoms with Crippen LogP contribution in [0.5, 0.6) is 11.5 Å². The number of hydrogen-bond acceptors (Lipinski definition) is 3. The molecule has 0 aromatic heterocycles. The zero-order chi connectivity index (χ0) is 15.1. The van der Waals surface area contributed by atoms with Crippen molar-refractivity contribution in [3.63, 3.8) is 0 Å². The minimum atomic E-state index is -0.212. The van der Waals surface area contributed by atoms with E-state index in [-0.39, 0.29) is 5.82 Å². The number of rotatable bonds is 6. The topological polar surface area (TPSA) is 30.8 Å². The van der Waals surface area contributed by atoms with Crippen molar-refractivity contribution in [1.82, 2.24) is 0 Å². The maximum absolute atomic E-state index is 13.0. The van der Waals surface area contributed by atoms with Crippen LogP contribution >= 0.6 is 0 Å². The van der Waals surface area contributed by atoms with Gasteiger partial charge in [0, 0.05) is 12.8 Å². The lowest BCUT2D eigenvalue weighted by Gasteiger charge is -2.07. The molecule has 0 aliphatic rings. The highest BCUT2D eigenvalue weighted by Gasteiger charge is 2.02. The van der Waals surface area contributed by atoms with Crippen LogP contribution in [-0.2, 0) is 6.42 Å². The summed E-state index contributed by atoms with van der Waals surface area (Å²) in [5.41, 5.74) is 1.88. The quantitative estimate of drug-likeness (QED) is 0.761. The number of nitrogens with zero attached hydrogens (tertiary/aromatic N) is 1. The second-order valence-electron chi connectivity index (χ2n) is 4.53. The molecule has 0 bridgehead atoms. The molecule has 0 unspecified atom stereocenters. The van der Waals surface area contributed by atoms with Crippen LogP contribution < -0.4 is 9.47 Å². The molecule has 21 heavy (non-hydrogen) atoms. The summed E-state index contributed by atoms with van der Waals surface area (Å²) in [6.07, 6.45) is 2.49. The molecule has 0 saturated carbocycles. The Bertz CT molecular complexity index is 626. The average molecular weight is 287 g/mol. The summed E-state index contributed by atoms with van der Waals surface area (Å²) in [4.78, 5) is 4.35. The maximum Gasteiger partial charge on any atom is 0.161 e. The fraction of sp³-hybridized carbons (Fsp3) is 0.235. The van der Waals surface area contributed by atoms with Crippen molar-refractivity contribution in [2.24, 2.45) is 4.99 Å². The van der Waals surface area contributed by atoms with Crippen molar-refractivity contribution in [2.75, 3.05) is 20.8 Å². The van der Waals surface area contributed by atoms with Crippen LogP contribution in [0.15, 0.2) is 47.5 Å². The Morgan fingerprint density at radius 3 is 2.57 bits per heavy atom. The number of benzene rings is 2. The van der Waals surface area contributed by atoms with Gasteiger partial charge in [-0.15, -0.1) is 0 Å². The highest BCUT2D eigenvalue weighted by Crippen LogP contribution is 2.26. The van der Waals surface area contributed by atoms with Crippen molar-refractivity contribution in [3.8, 4) is 11.5 Å². The Balaban J connectivity index is 1.95. The Morgan fingerprint density at radius 2 is 1.86 bits per heavy atom. The molecule has 0 fully saturated rings. The Kier molecular flexibility index (Phi) is 5.32. The molecule has 110 valence electrons. The molecule has 2 aromatic rings. The van der Waals surface area contributed by atoms with E-state index in [4.69, 9.17) is 9.47 Å². The van der Waals surface area contributed by atoms with Crippen molar-refractivity contribution in [3.05, 3.63) is 59.4 Å². The zero-order valence-corrected chi connectivity index (χ0v) is 12.2. The molecule has 0 amide bonds. The molecule has 0 saturated heterocycles. The third-order valence-electron chi connectivity index (χ3n) is 3.07. The van der Waals surface area contributed by atoms with E-state index >= 15 is 0 Å². The van der Waals surface area contributed by atoms with Crippen LogP contribution in [0.2, 0.25) is 0 Å². The molecule has 3 nitrogen and oxygen atoms in total. The first-order valence-electron chi connectivity index (χ1n) is 6.69. The molecular formula is C17H18FNO2. The lowest BCUT2D eigenvalue weighted by Crippen LogP contribution is -1.94. The Morgan fingerprint density at radius 1 is 1.05 bits per heavy atom. The predicted molar refractivity (Wildman–Crippen MR) is 82.1 cm³/mol. The average Bonchev–Trinajstić information content (AvgIpc) is 2.51. The van der Waals surface area contributed by atoms with Gasteiger partial charge in [0.25, 0.3) is 0 Å². The smallest absolute Gasteiger partial charge is 0.161 e. The van der Waals surface area contributed by atoms with Crippen molar-refractivity contribution < 1.29 is 13.9 Å². The van der Waals surface area contributed by atoms with E-state index in [2.05, 4.69) is 4.99 Å². The molecule has 0 aliphatic carbocycles. The molecular weight excluding hydrogens is 269 g/mol. The van der Waals surface area contributed by atoms with Gasteiger partial charge in [0.15, 0.2) is 11.5 Å². The van der Waals surface area contributed by atoms with Gasteiger partial charge >= 0.3 is 0 Å². The van der Waals surface area contributed by atoms with E-state index < -0.39 is 0 Å². The van der Waals surface area contributed by atoms with Crippen molar-refractivity contribution in [1.29, 1.82) is 0 Å². The number of halogens is 1. The summed E-state index contributed by atoms with van der Waals surface area (Å²) in [6, 6.07) is 12.2. The fourth-order valence-corrected chi connectivity index (χ4v) is 1.99. The van der Waals surface area contributed by atoms with Gasteiger partial charge in [-0.25, -0.2) is 4.39 Å². The van der Waals surface area contributed by atoms with Gasteiger partial charge in [0.05, 0.1) is 14.2 Å². The van der Waals surface area contributed by atoms with E-state index in [9.17, 15) is 4.39 Å². The predicted octanol–water partition coefficient (Wildman–Crippen LogP) is 3.50. The van der Waals surface area contributed by atoms with Crippen molar-refractivity contribution in [2.45, 2.75) is 6.42 Å². The van der Waals surface area contributed by atoms with Gasteiger partial charge in [-0.1, -0.05) is 12.1 Å². The zero-order valence-electron chi connectivity index (χ0n) is 12.2. The van der Waals surface area contributed by atoms with Gasteiger partial charge in [-0.2, -0.15) is 0 Å². The summed E-state index contributed by atoms with van der Waals surface area (Å²) in [6.45, 7) is 0.609. The first-order valence-corrected chi connectivity index (χ1v) is 6.69. The second-order valence-corrected chi connectivity index (χ2v) is 4.53. The lowest BCUT2D eigenvalue weighted by atomic mass is 10.1. The molecule has 0 spiro atoms. The molecule has 0 aliphatic heterocycles. The molecule has 2 aromatic carbocycles. The summed E-state index contributed by atoms with van der Waals surface area (Å²) in [5, 5.41) is 0. The SMILES string of the molecule is COc1ccc(C=NCCc2cccc(F)c2)cc1OC. The first kappa shape index (κ1) is 15.0. The maximum atomic E-state index is 13.0. The van der Waals surface area contributed by atoms with Crippen LogP contribution in [0, 0.1) is 5.82 Å². The van der Waals surface area contributed by atoms with Gasteiger partial charge < -0.3 is 9.47 Å². The molecule has 0 radical (unpaired) electrons. The standard InChI is InChI=1S/C17H18FNO2/c1-20-16-7-6-14(11-17(16)21-2)12-19-9-8-13-4-3-5-15(18)10-13/h3-7,10-12H,8-9H2,1-2H3. The van der Waals surface area contributed by atoms with Crippen LogP contribution in [-0.4, -0.2) is 27.0 Å². The van der Waals surface area contributed by atoms with Crippen LogP contribution in [0.25, 0.3) is 0 Å². The van der Waals surface area contributed by atoms with Gasteiger partial charge in [0.2, 0.25) is 0 Å². The van der Waals surface area contributed by atoms with E-state index in [1.165, 1.54) is 12.1 Å². The summed E-state index contributed by atoms with van der Waals surface area (Å²) < 4.78 is 23.5. The van der Waals surface area contributed by atoms with E-state index in [1.807, 2.05) is 24.3 Å². The lowest BCUT2D eigenvalue weighted by molar-refractivity contribution is 0.355. The van der Waals surface area contributed by atoms with Gasteiger partial charge in [0.1, 0.15) is 5.82 Å². The molecule has 2 rings (SSSR count). The van der Waals surface area contributed by atoms with Gasteiger partial charge in [-0.05, 0) is 47.9 Å². The molecule has 0 atom stereocenters. The third-order valence-corrected chi connectivity index (χ3v) is 3.07. The molecule has 0 heterocycles. The largest absolute Gasteiger partial charge is 0.493 e. The van der Waals surface area contributed by atoms with Crippen LogP contribution in [0.3, 0.4) is 0 Å². The van der Waals surface area contributed by atoms with E-state index in [0.29, 0.717) is 24.5 Å². The summed E-state index contributed by atoms with van der Waals surface area (Å²) in [7, 11) is 3.20. The summed E-state index contributed by atoms with van der Waals surface area (Å²) in [5.74, 6) is 1.15. The first-order chi connectivity index (χ1) is 10.2. The Hall–Kier alpha value is -2.36. The third kappa shape index (κ3) is 4.31. The number of aliphatic imine (C=N–C) groups is 1. The fourth-order valence-electron chi connectivity index (χ4n) is 1.99. The van der Waals surface area contributed by atoms with Gasteiger partial charge in [-0.3, -0.25) is 4.99 Å². The minimum Gasteiger partial charge on any atom is -0.493 e. The van der Waals surface area contributed by atoms with Crippen LogP contribution in [0.1, 0.15) is 11.1 Å². The highest BCUT2D eigenvalue weighted by atomic mass is 19.1.